The van der Waals surface area contributed by atoms with Crippen LogP contribution in [0.5, 0.6) is 11.5 Å². The number of hydrogen-bond donors (Lipinski definition) is 2. The molecule has 14 heteroatoms. The molecule has 2 N–H and O–H groups in total. The zero-order valence-corrected chi connectivity index (χ0v) is 24.4. The van der Waals surface area contributed by atoms with Crippen LogP contribution in [0.4, 0.5) is 17.1 Å². The lowest BCUT2D eigenvalue weighted by atomic mass is 10.2. The minimum Gasteiger partial charge on any atom is -0.497 e. The van der Waals surface area contributed by atoms with Crippen LogP contribution in [0.15, 0.2) is 65.6 Å². The first kappa shape index (κ1) is 30.4. The highest BCUT2D eigenvalue weighted by Crippen LogP contribution is 2.32. The van der Waals surface area contributed by atoms with Crippen molar-refractivity contribution in [3.8, 4) is 11.5 Å². The van der Waals surface area contributed by atoms with Crippen molar-refractivity contribution < 1.29 is 31.1 Å². The summed E-state index contributed by atoms with van der Waals surface area (Å²) in [5, 5.41) is 3.21. The topological polar surface area (TPSA) is 131 Å². The van der Waals surface area contributed by atoms with Crippen LogP contribution in [0, 0.1) is 0 Å². The number of amides is 1. The van der Waals surface area contributed by atoms with Crippen LogP contribution in [0.3, 0.4) is 0 Å². The summed E-state index contributed by atoms with van der Waals surface area (Å²) in [6.07, 6.45) is 1.24. The van der Waals surface area contributed by atoms with Gasteiger partial charge in [-0.15, -0.1) is 0 Å². The molecule has 0 unspecified atom stereocenters. The molecule has 0 saturated heterocycles. The lowest BCUT2D eigenvalue weighted by molar-refractivity contribution is -0.116. The van der Waals surface area contributed by atoms with Gasteiger partial charge < -0.3 is 14.8 Å². The number of nitrogens with zero attached hydrogens (tertiary/aromatic N) is 1. The maximum Gasteiger partial charge on any atom is 0.262 e. The van der Waals surface area contributed by atoms with E-state index in [4.69, 9.17) is 32.7 Å². The number of halogens is 2. The highest BCUT2D eigenvalue weighted by atomic mass is 35.5. The van der Waals surface area contributed by atoms with Crippen molar-refractivity contribution in [2.75, 3.05) is 41.4 Å². The van der Waals surface area contributed by atoms with E-state index in [0.717, 1.165) is 10.6 Å². The summed E-state index contributed by atoms with van der Waals surface area (Å²) in [6, 6.07) is 14.8. The maximum absolute atomic E-state index is 12.8. The van der Waals surface area contributed by atoms with Gasteiger partial charge in [-0.1, -0.05) is 23.2 Å². The van der Waals surface area contributed by atoms with Crippen molar-refractivity contribution in [2.24, 2.45) is 0 Å². The summed E-state index contributed by atoms with van der Waals surface area (Å²) < 4.78 is 64.2. The van der Waals surface area contributed by atoms with Gasteiger partial charge in [0.15, 0.2) is 0 Å². The zero-order valence-electron chi connectivity index (χ0n) is 21.3. The van der Waals surface area contributed by atoms with Crippen molar-refractivity contribution in [3.05, 3.63) is 70.7 Å². The Balaban J connectivity index is 1.62. The Labute approximate surface area is 237 Å². The lowest BCUT2D eigenvalue weighted by Gasteiger charge is -2.23. The first-order valence-electron chi connectivity index (χ1n) is 11.4. The molecule has 0 fully saturated rings. The molecule has 1 amide bonds. The number of sulfonamides is 2. The Bertz CT molecular complexity index is 1550. The highest BCUT2D eigenvalue weighted by molar-refractivity contribution is 7.92. The third-order valence-corrected chi connectivity index (χ3v) is 8.56. The van der Waals surface area contributed by atoms with Gasteiger partial charge in [-0.3, -0.25) is 13.8 Å². The van der Waals surface area contributed by atoms with Crippen molar-refractivity contribution >= 4 is 66.2 Å². The first-order valence-corrected chi connectivity index (χ1v) is 15.5. The highest BCUT2D eigenvalue weighted by Gasteiger charge is 2.21. The van der Waals surface area contributed by atoms with E-state index in [1.54, 1.807) is 18.2 Å². The van der Waals surface area contributed by atoms with E-state index < -0.39 is 20.0 Å². The second-order valence-corrected chi connectivity index (χ2v) is 12.7. The minimum absolute atomic E-state index is 0.00305. The predicted octanol–water partition coefficient (Wildman–Crippen LogP) is 5.00. The largest absolute Gasteiger partial charge is 0.497 e. The third-order valence-electron chi connectivity index (χ3n) is 5.44. The molecule has 3 aromatic rings. The molecular formula is C25H27Cl2N3O7S2. The standard InChI is InChI=1S/C25H27Cl2N3O7S2/c1-36-19-9-13-22(24(16-19)37-2)29-39(34,35)20-10-7-18(8-11-20)28-25(31)5-4-14-30(38(3,32)33)23-15-17(26)6-12-21(23)27/h6-13,15-16,29H,4-5,14H2,1-3H3,(H,28,31). The smallest absolute Gasteiger partial charge is 0.262 e. The van der Waals surface area contributed by atoms with Gasteiger partial charge in [-0.05, 0) is 61.0 Å². The van der Waals surface area contributed by atoms with Gasteiger partial charge in [-0.25, -0.2) is 16.8 Å². The van der Waals surface area contributed by atoms with Crippen LogP contribution < -0.4 is 23.8 Å². The van der Waals surface area contributed by atoms with Crippen LogP contribution in [0.1, 0.15) is 12.8 Å². The molecule has 0 aliphatic carbocycles. The molecule has 0 atom stereocenters. The molecule has 0 aliphatic heterocycles. The number of ether oxygens (including phenoxy) is 2. The summed E-state index contributed by atoms with van der Waals surface area (Å²) in [7, 11) is -4.73. The summed E-state index contributed by atoms with van der Waals surface area (Å²) in [4.78, 5) is 12.4. The molecule has 3 rings (SSSR count). The second-order valence-electron chi connectivity index (χ2n) is 8.28. The van der Waals surface area contributed by atoms with E-state index >= 15 is 0 Å². The second kappa shape index (κ2) is 12.8. The number of hydrogen-bond acceptors (Lipinski definition) is 7. The van der Waals surface area contributed by atoms with E-state index in [1.165, 1.54) is 56.7 Å². The Morgan fingerprint density at radius 3 is 2.23 bits per heavy atom. The SMILES string of the molecule is COc1ccc(NS(=O)(=O)c2ccc(NC(=O)CCCN(c3cc(Cl)ccc3Cl)S(C)(=O)=O)cc2)c(OC)c1. The van der Waals surface area contributed by atoms with Crippen molar-refractivity contribution in [1.29, 1.82) is 0 Å². The van der Waals surface area contributed by atoms with Crippen LogP contribution >= 0.6 is 23.2 Å². The number of nitrogens with one attached hydrogen (secondary N) is 2. The number of methoxy groups -OCH3 is 2. The van der Waals surface area contributed by atoms with Crippen molar-refractivity contribution in [2.45, 2.75) is 17.7 Å². The summed E-state index contributed by atoms with van der Waals surface area (Å²) in [5.41, 5.74) is 0.835. The monoisotopic (exact) mass is 615 g/mol. The van der Waals surface area contributed by atoms with Gasteiger partial charge in [0.1, 0.15) is 11.5 Å². The van der Waals surface area contributed by atoms with Crippen LogP contribution in [0.2, 0.25) is 10.0 Å². The van der Waals surface area contributed by atoms with Gasteiger partial charge in [-0.2, -0.15) is 0 Å². The number of carbonyl (C=O) groups excluding carboxylic acids is 1. The fourth-order valence-electron chi connectivity index (χ4n) is 3.55. The van der Waals surface area contributed by atoms with Crippen molar-refractivity contribution in [3.63, 3.8) is 0 Å². The number of carbonyl (C=O) groups is 1. The molecule has 10 nitrogen and oxygen atoms in total. The van der Waals surface area contributed by atoms with Gasteiger partial charge in [0.05, 0.1) is 41.8 Å². The molecule has 0 radical (unpaired) electrons. The maximum atomic E-state index is 12.8. The van der Waals surface area contributed by atoms with Crippen LogP contribution in [-0.2, 0) is 24.8 Å². The van der Waals surface area contributed by atoms with E-state index in [1.807, 2.05) is 0 Å². The zero-order chi connectivity index (χ0) is 28.8. The Morgan fingerprint density at radius 1 is 0.923 bits per heavy atom. The number of rotatable bonds is 12. The Morgan fingerprint density at radius 2 is 1.62 bits per heavy atom. The quantitative estimate of drug-likeness (QED) is 0.293. The normalized spacial score (nSPS) is 11.5. The molecule has 0 aromatic heterocycles. The molecule has 0 spiro atoms. The van der Waals surface area contributed by atoms with Gasteiger partial charge in [0.2, 0.25) is 15.9 Å². The lowest BCUT2D eigenvalue weighted by Crippen LogP contribution is -2.31. The summed E-state index contributed by atoms with van der Waals surface area (Å²) in [6.45, 7) is 0.00396. The molecule has 0 saturated carbocycles. The Kier molecular flexibility index (Phi) is 9.94. The average Bonchev–Trinajstić information content (AvgIpc) is 2.88. The molecule has 0 aliphatic rings. The van der Waals surface area contributed by atoms with Crippen molar-refractivity contribution in [1.82, 2.24) is 0 Å². The molecule has 39 heavy (non-hydrogen) atoms. The molecular weight excluding hydrogens is 589 g/mol. The summed E-state index contributed by atoms with van der Waals surface area (Å²) in [5.74, 6) is 0.415. The molecule has 210 valence electrons. The number of anilines is 3. The van der Waals surface area contributed by atoms with E-state index in [9.17, 15) is 21.6 Å². The van der Waals surface area contributed by atoms with Gasteiger partial charge in [0.25, 0.3) is 10.0 Å². The van der Waals surface area contributed by atoms with E-state index in [0.29, 0.717) is 16.5 Å². The van der Waals surface area contributed by atoms with Gasteiger partial charge in [0, 0.05) is 29.7 Å². The predicted molar refractivity (Wildman–Crippen MR) is 153 cm³/mol. The summed E-state index contributed by atoms with van der Waals surface area (Å²) >= 11 is 12.2. The fraction of sp³-hybridized carbons (Fsp3) is 0.240. The minimum atomic E-state index is -3.95. The van der Waals surface area contributed by atoms with E-state index in [2.05, 4.69) is 10.0 Å². The first-order chi connectivity index (χ1) is 18.3. The fourth-order valence-corrected chi connectivity index (χ4v) is 6.03. The Hall–Kier alpha value is -3.19. The van der Waals surface area contributed by atoms with Gasteiger partial charge >= 0.3 is 0 Å². The van der Waals surface area contributed by atoms with Crippen LogP contribution in [0.25, 0.3) is 0 Å². The number of benzene rings is 3. The van der Waals surface area contributed by atoms with Crippen LogP contribution in [-0.4, -0.2) is 49.8 Å². The molecule has 3 aromatic carbocycles. The molecule has 0 bridgehead atoms. The third kappa shape index (κ3) is 8.15. The average molecular weight is 617 g/mol. The molecule has 0 heterocycles. The van der Waals surface area contributed by atoms with E-state index in [-0.39, 0.29) is 52.3 Å².